The smallest absolute Gasteiger partial charge is 0.231 e. The molecule has 0 atom stereocenters. The molecule has 0 radical (unpaired) electrons. The van der Waals surface area contributed by atoms with E-state index in [1.165, 1.54) is 0 Å². The van der Waals surface area contributed by atoms with E-state index >= 15 is 0 Å². The molecule has 1 rings (SSSR count). The van der Waals surface area contributed by atoms with E-state index in [4.69, 9.17) is 11.6 Å². The van der Waals surface area contributed by atoms with Crippen molar-refractivity contribution in [3.8, 4) is 0 Å². The molecule has 6 heteroatoms. The van der Waals surface area contributed by atoms with Crippen LogP contribution in [-0.2, 0) is 0 Å². The van der Waals surface area contributed by atoms with Crippen LogP contribution in [0.25, 0.3) is 0 Å². The topological polar surface area (TPSA) is 53.9 Å². The first-order valence-electron chi connectivity index (χ1n) is 6.86. The second-order valence-corrected chi connectivity index (χ2v) is 5.50. The first-order chi connectivity index (χ1) is 8.91. The molecule has 1 aromatic rings. The Labute approximate surface area is 120 Å². The van der Waals surface area contributed by atoms with E-state index < -0.39 is 0 Å². The van der Waals surface area contributed by atoms with Gasteiger partial charge in [0.2, 0.25) is 17.2 Å². The molecule has 108 valence electrons. The van der Waals surface area contributed by atoms with Gasteiger partial charge < -0.3 is 10.2 Å². The zero-order chi connectivity index (χ0) is 14.5. The summed E-state index contributed by atoms with van der Waals surface area (Å²) in [6.45, 7) is 12.2. The molecule has 0 spiro atoms. The maximum Gasteiger partial charge on any atom is 0.231 e. The van der Waals surface area contributed by atoms with E-state index in [2.05, 4.69) is 54.9 Å². The van der Waals surface area contributed by atoms with Gasteiger partial charge in [-0.3, -0.25) is 0 Å². The van der Waals surface area contributed by atoms with E-state index in [1.807, 2.05) is 4.90 Å². The van der Waals surface area contributed by atoms with Crippen LogP contribution in [0.4, 0.5) is 11.9 Å². The van der Waals surface area contributed by atoms with Crippen molar-refractivity contribution in [1.82, 2.24) is 15.0 Å². The van der Waals surface area contributed by atoms with Crippen molar-refractivity contribution >= 4 is 23.5 Å². The van der Waals surface area contributed by atoms with E-state index in [0.29, 0.717) is 11.9 Å². The van der Waals surface area contributed by atoms with E-state index in [0.717, 1.165) is 25.9 Å². The molecule has 0 amide bonds. The molecule has 1 heterocycles. The average Bonchev–Trinajstić information content (AvgIpc) is 2.28. The summed E-state index contributed by atoms with van der Waals surface area (Å²) >= 11 is 5.99. The van der Waals surface area contributed by atoms with Crippen molar-refractivity contribution in [3.05, 3.63) is 5.28 Å². The number of halogens is 1. The molecule has 0 fully saturated rings. The van der Waals surface area contributed by atoms with Gasteiger partial charge in [-0.2, -0.15) is 15.0 Å². The average molecular weight is 286 g/mol. The molecule has 0 aliphatic carbocycles. The Morgan fingerprint density at radius 2 is 1.74 bits per heavy atom. The fraction of sp³-hybridized carbons (Fsp3) is 0.769. The van der Waals surface area contributed by atoms with Gasteiger partial charge in [0, 0.05) is 18.6 Å². The predicted molar refractivity (Wildman–Crippen MR) is 81.0 cm³/mol. The van der Waals surface area contributed by atoms with Gasteiger partial charge in [-0.15, -0.1) is 0 Å². The normalized spacial score (nSPS) is 11.5. The zero-order valence-electron chi connectivity index (χ0n) is 12.5. The second-order valence-electron chi connectivity index (χ2n) is 5.16. The largest absolute Gasteiger partial charge is 0.349 e. The zero-order valence-corrected chi connectivity index (χ0v) is 13.3. The Hall–Kier alpha value is -1.10. The molecule has 1 aromatic heterocycles. The van der Waals surface area contributed by atoms with Gasteiger partial charge in [-0.25, -0.2) is 0 Å². The highest BCUT2D eigenvalue weighted by Crippen LogP contribution is 2.19. The maximum atomic E-state index is 5.99. The summed E-state index contributed by atoms with van der Waals surface area (Å²) in [5.41, 5.74) is -0.0556. The molecule has 0 unspecified atom stereocenters. The molecule has 5 nitrogen and oxygen atoms in total. The highest BCUT2D eigenvalue weighted by atomic mass is 35.5. The fourth-order valence-corrected chi connectivity index (χ4v) is 2.19. The summed E-state index contributed by atoms with van der Waals surface area (Å²) in [5.74, 6) is 1.17. The Bertz CT molecular complexity index is 404. The number of nitrogens with one attached hydrogen (secondary N) is 1. The fourth-order valence-electron chi connectivity index (χ4n) is 2.03. The number of rotatable bonds is 7. The monoisotopic (exact) mass is 285 g/mol. The van der Waals surface area contributed by atoms with Crippen LogP contribution in [0.3, 0.4) is 0 Å². The van der Waals surface area contributed by atoms with E-state index in [9.17, 15) is 0 Å². The van der Waals surface area contributed by atoms with Crippen LogP contribution in [-0.4, -0.2) is 33.6 Å². The lowest BCUT2D eigenvalue weighted by molar-refractivity contribution is 0.506. The third-order valence-corrected chi connectivity index (χ3v) is 3.14. The van der Waals surface area contributed by atoms with Gasteiger partial charge in [0.05, 0.1) is 0 Å². The molecular weight excluding hydrogens is 262 g/mol. The summed E-state index contributed by atoms with van der Waals surface area (Å²) in [7, 11) is 0. The van der Waals surface area contributed by atoms with E-state index in [1.54, 1.807) is 0 Å². The van der Waals surface area contributed by atoms with Gasteiger partial charge in [0.1, 0.15) is 0 Å². The number of hydrogen-bond donors (Lipinski definition) is 1. The second kappa shape index (κ2) is 6.89. The molecule has 19 heavy (non-hydrogen) atoms. The molecule has 0 bridgehead atoms. The third kappa shape index (κ3) is 4.82. The number of aromatic nitrogens is 3. The van der Waals surface area contributed by atoms with Crippen LogP contribution in [0.15, 0.2) is 0 Å². The molecule has 0 aliphatic heterocycles. The minimum absolute atomic E-state index is 0.0556. The standard InChI is InChI=1S/C13H24ClN5/c1-6-9-13(4,5)18-11-15-10(14)16-12(17-11)19(7-2)8-3/h6-9H2,1-5H3,(H,15,16,17,18). The van der Waals surface area contributed by atoms with Gasteiger partial charge in [0.25, 0.3) is 0 Å². The van der Waals surface area contributed by atoms with Gasteiger partial charge >= 0.3 is 0 Å². The number of nitrogens with zero attached hydrogens (tertiary/aromatic N) is 4. The van der Waals surface area contributed by atoms with Crippen LogP contribution in [0, 0.1) is 0 Å². The summed E-state index contributed by atoms with van der Waals surface area (Å²) in [4.78, 5) is 14.8. The summed E-state index contributed by atoms with van der Waals surface area (Å²) in [6, 6.07) is 0. The molecule has 0 saturated heterocycles. The van der Waals surface area contributed by atoms with Gasteiger partial charge in [-0.05, 0) is 45.7 Å². The molecule has 0 saturated carbocycles. The lowest BCUT2D eigenvalue weighted by atomic mass is 9.99. The van der Waals surface area contributed by atoms with Gasteiger partial charge in [-0.1, -0.05) is 13.3 Å². The Morgan fingerprint density at radius 3 is 2.26 bits per heavy atom. The third-order valence-electron chi connectivity index (χ3n) is 2.97. The van der Waals surface area contributed by atoms with Crippen LogP contribution < -0.4 is 10.2 Å². The van der Waals surface area contributed by atoms with Crippen molar-refractivity contribution in [1.29, 1.82) is 0 Å². The Kier molecular flexibility index (Phi) is 5.79. The minimum atomic E-state index is -0.0556. The SMILES string of the molecule is CCCC(C)(C)Nc1nc(Cl)nc(N(CC)CC)n1. The summed E-state index contributed by atoms with van der Waals surface area (Å²) in [5, 5.41) is 3.56. The van der Waals surface area contributed by atoms with Crippen LogP contribution in [0.5, 0.6) is 0 Å². The lowest BCUT2D eigenvalue weighted by Crippen LogP contribution is -2.32. The van der Waals surface area contributed by atoms with Crippen molar-refractivity contribution in [2.24, 2.45) is 0 Å². The van der Waals surface area contributed by atoms with Crippen molar-refractivity contribution < 1.29 is 0 Å². The Balaban J connectivity index is 2.96. The quantitative estimate of drug-likeness (QED) is 0.832. The highest BCUT2D eigenvalue weighted by molar-refractivity contribution is 6.28. The number of anilines is 2. The highest BCUT2D eigenvalue weighted by Gasteiger charge is 2.19. The molecule has 0 aromatic carbocycles. The van der Waals surface area contributed by atoms with Gasteiger partial charge in [0.15, 0.2) is 0 Å². The van der Waals surface area contributed by atoms with Crippen LogP contribution in [0.1, 0.15) is 47.5 Å². The van der Waals surface area contributed by atoms with Crippen molar-refractivity contribution in [2.45, 2.75) is 53.0 Å². The molecule has 1 N–H and O–H groups in total. The van der Waals surface area contributed by atoms with Crippen LogP contribution >= 0.6 is 11.6 Å². The van der Waals surface area contributed by atoms with E-state index in [-0.39, 0.29) is 10.8 Å². The summed E-state index contributed by atoms with van der Waals surface area (Å²) < 4.78 is 0. The first-order valence-corrected chi connectivity index (χ1v) is 7.24. The molecule has 0 aliphatic rings. The first kappa shape index (κ1) is 16.0. The lowest BCUT2D eigenvalue weighted by Gasteiger charge is -2.26. The Morgan fingerprint density at radius 1 is 1.11 bits per heavy atom. The maximum absolute atomic E-state index is 5.99. The summed E-state index contributed by atoms with van der Waals surface area (Å²) in [6.07, 6.45) is 2.14. The van der Waals surface area contributed by atoms with Crippen molar-refractivity contribution in [3.63, 3.8) is 0 Å². The van der Waals surface area contributed by atoms with Crippen LogP contribution in [0.2, 0.25) is 5.28 Å². The van der Waals surface area contributed by atoms with Crippen molar-refractivity contribution in [2.75, 3.05) is 23.3 Å². The number of hydrogen-bond acceptors (Lipinski definition) is 5. The predicted octanol–water partition coefficient (Wildman–Crippen LogP) is 3.36. The molecular formula is C13H24ClN5. The minimum Gasteiger partial charge on any atom is -0.349 e.